The summed E-state index contributed by atoms with van der Waals surface area (Å²) >= 11 is 0. The lowest BCUT2D eigenvalue weighted by Gasteiger charge is -2.18. The topological polar surface area (TPSA) is 85.2 Å². The fourth-order valence-corrected chi connectivity index (χ4v) is 4.32. The molecule has 2 aliphatic rings. The van der Waals surface area contributed by atoms with Crippen molar-refractivity contribution >= 4 is 17.5 Å². The van der Waals surface area contributed by atoms with Crippen LogP contribution in [0.3, 0.4) is 0 Å². The van der Waals surface area contributed by atoms with Crippen LogP contribution in [0.15, 0.2) is 18.2 Å². The van der Waals surface area contributed by atoms with Crippen molar-refractivity contribution in [3.8, 4) is 5.75 Å². The van der Waals surface area contributed by atoms with Gasteiger partial charge < -0.3 is 19.9 Å². The lowest BCUT2D eigenvalue weighted by molar-refractivity contribution is 0.0931. The van der Waals surface area contributed by atoms with E-state index in [2.05, 4.69) is 15.6 Å². The molecule has 1 aliphatic heterocycles. The molecule has 2 aromatic rings. The predicted octanol–water partition coefficient (Wildman–Crippen LogP) is 3.46. The Kier molecular flexibility index (Phi) is 5.56. The van der Waals surface area contributed by atoms with E-state index in [1.165, 1.54) is 0 Å². The van der Waals surface area contributed by atoms with Crippen LogP contribution in [0.1, 0.15) is 70.9 Å². The molecule has 7 heteroatoms. The summed E-state index contributed by atoms with van der Waals surface area (Å²) in [6.07, 6.45) is 7.08. The van der Waals surface area contributed by atoms with Crippen molar-refractivity contribution in [2.24, 2.45) is 0 Å². The van der Waals surface area contributed by atoms with Crippen molar-refractivity contribution in [1.29, 1.82) is 0 Å². The van der Waals surface area contributed by atoms with Gasteiger partial charge in [-0.25, -0.2) is 4.98 Å². The molecule has 1 aliphatic carbocycles. The number of nitrogens with zero attached hydrogens (tertiary/aromatic N) is 2. The molecule has 0 radical (unpaired) electrons. The molecule has 1 aromatic carbocycles. The highest BCUT2D eigenvalue weighted by molar-refractivity contribution is 6.04. The maximum Gasteiger partial charge on any atom is 0.291 e. The molecule has 4 rings (SSSR count). The Labute approximate surface area is 170 Å². The van der Waals surface area contributed by atoms with Gasteiger partial charge in [-0.1, -0.05) is 18.9 Å². The molecule has 1 aromatic heterocycles. The second-order valence-corrected chi connectivity index (χ2v) is 7.95. The number of imidazole rings is 1. The van der Waals surface area contributed by atoms with Crippen LogP contribution < -0.4 is 15.4 Å². The van der Waals surface area contributed by atoms with Gasteiger partial charge in [-0.05, 0) is 56.7 Å². The van der Waals surface area contributed by atoms with Gasteiger partial charge >= 0.3 is 0 Å². The molecule has 1 fully saturated rings. The van der Waals surface area contributed by atoms with Gasteiger partial charge in [0.1, 0.15) is 11.4 Å². The number of benzene rings is 1. The molecule has 7 nitrogen and oxygen atoms in total. The van der Waals surface area contributed by atoms with Crippen LogP contribution in [0.25, 0.3) is 0 Å². The summed E-state index contributed by atoms with van der Waals surface area (Å²) in [5.74, 6) is 0.403. The Hall–Kier alpha value is -2.83. The zero-order valence-corrected chi connectivity index (χ0v) is 17.1. The van der Waals surface area contributed by atoms with Crippen LogP contribution in [0.5, 0.6) is 5.75 Å². The Balaban J connectivity index is 1.61. The molecule has 0 unspecified atom stereocenters. The largest absolute Gasteiger partial charge is 0.495 e. The number of carbonyl (C=O) groups is 2. The summed E-state index contributed by atoms with van der Waals surface area (Å²) < 4.78 is 7.27. The molecular weight excluding hydrogens is 368 g/mol. The third-order valence-electron chi connectivity index (χ3n) is 5.83. The Bertz CT molecular complexity index is 928. The SMILES string of the molecule is COc1ccc(C)cc1NC(=O)c1nc(C(=O)NC2CCCC2)c2n1CCCC2. The van der Waals surface area contributed by atoms with Gasteiger partial charge in [-0.3, -0.25) is 9.59 Å². The highest BCUT2D eigenvalue weighted by Crippen LogP contribution is 2.27. The molecule has 29 heavy (non-hydrogen) atoms. The summed E-state index contributed by atoms with van der Waals surface area (Å²) in [5, 5.41) is 6.02. The molecule has 1 saturated carbocycles. The van der Waals surface area contributed by atoms with E-state index in [-0.39, 0.29) is 17.9 Å². The quantitative estimate of drug-likeness (QED) is 0.810. The molecule has 0 bridgehead atoms. The van der Waals surface area contributed by atoms with Gasteiger partial charge in [0, 0.05) is 12.6 Å². The number of carbonyl (C=O) groups excluding carboxylic acids is 2. The summed E-state index contributed by atoms with van der Waals surface area (Å²) in [6, 6.07) is 5.84. The molecule has 0 spiro atoms. The van der Waals surface area contributed by atoms with Crippen molar-refractivity contribution in [2.45, 2.75) is 64.5 Å². The Morgan fingerprint density at radius 1 is 1.14 bits per heavy atom. The number of methoxy groups -OCH3 is 1. The van der Waals surface area contributed by atoms with Crippen LogP contribution in [-0.4, -0.2) is 34.5 Å². The average molecular weight is 396 g/mol. The Morgan fingerprint density at radius 3 is 2.69 bits per heavy atom. The highest BCUT2D eigenvalue weighted by Gasteiger charge is 2.29. The molecule has 154 valence electrons. The van der Waals surface area contributed by atoms with E-state index in [9.17, 15) is 9.59 Å². The first kappa shape index (κ1) is 19.5. The van der Waals surface area contributed by atoms with Crippen molar-refractivity contribution in [2.75, 3.05) is 12.4 Å². The number of hydrogen-bond acceptors (Lipinski definition) is 4. The summed E-state index contributed by atoms with van der Waals surface area (Å²) in [6.45, 7) is 2.66. The summed E-state index contributed by atoms with van der Waals surface area (Å²) in [5.41, 5.74) is 2.89. The second-order valence-electron chi connectivity index (χ2n) is 7.95. The van der Waals surface area contributed by atoms with Crippen LogP contribution in [0.4, 0.5) is 5.69 Å². The monoisotopic (exact) mass is 396 g/mol. The predicted molar refractivity (Wildman–Crippen MR) is 111 cm³/mol. The van der Waals surface area contributed by atoms with E-state index >= 15 is 0 Å². The maximum absolute atomic E-state index is 13.1. The van der Waals surface area contributed by atoms with E-state index in [1.54, 1.807) is 7.11 Å². The third kappa shape index (κ3) is 3.99. The first-order valence-electron chi connectivity index (χ1n) is 10.4. The first-order chi connectivity index (χ1) is 14.1. The van der Waals surface area contributed by atoms with Gasteiger partial charge in [-0.2, -0.15) is 0 Å². The number of aryl methyl sites for hydroxylation is 1. The number of nitrogens with one attached hydrogen (secondary N) is 2. The van der Waals surface area contributed by atoms with E-state index in [1.807, 2.05) is 29.7 Å². The minimum Gasteiger partial charge on any atom is -0.495 e. The molecule has 0 atom stereocenters. The fraction of sp³-hybridized carbons (Fsp3) is 0.500. The Morgan fingerprint density at radius 2 is 1.93 bits per heavy atom. The number of hydrogen-bond donors (Lipinski definition) is 2. The van der Waals surface area contributed by atoms with E-state index in [4.69, 9.17) is 4.74 Å². The molecular formula is C22H28N4O3. The van der Waals surface area contributed by atoms with Crippen molar-refractivity contribution < 1.29 is 14.3 Å². The number of fused-ring (bicyclic) bond motifs is 1. The lowest BCUT2D eigenvalue weighted by atomic mass is 10.1. The smallest absolute Gasteiger partial charge is 0.291 e. The standard InChI is InChI=1S/C22H28N4O3/c1-14-10-11-18(29-2)16(13-14)24-22(28)20-25-19(17-9-5-6-12-26(17)20)21(27)23-15-7-3-4-8-15/h10-11,13,15H,3-9,12H2,1-2H3,(H,23,27)(H,24,28). The number of aromatic nitrogens is 2. The van der Waals surface area contributed by atoms with E-state index < -0.39 is 0 Å². The first-order valence-corrected chi connectivity index (χ1v) is 10.4. The molecule has 2 heterocycles. The third-order valence-corrected chi connectivity index (χ3v) is 5.83. The van der Waals surface area contributed by atoms with Crippen molar-refractivity contribution in [1.82, 2.24) is 14.9 Å². The number of rotatable bonds is 5. The van der Waals surface area contributed by atoms with Crippen LogP contribution in [0.2, 0.25) is 0 Å². The minimum absolute atomic E-state index is 0.158. The summed E-state index contributed by atoms with van der Waals surface area (Å²) in [4.78, 5) is 30.4. The lowest BCUT2D eigenvalue weighted by Crippen LogP contribution is -2.33. The van der Waals surface area contributed by atoms with Gasteiger partial charge in [0.2, 0.25) is 0 Å². The van der Waals surface area contributed by atoms with Gasteiger partial charge in [0.05, 0.1) is 18.5 Å². The van der Waals surface area contributed by atoms with Crippen molar-refractivity contribution in [3.63, 3.8) is 0 Å². The fourth-order valence-electron chi connectivity index (χ4n) is 4.32. The zero-order valence-electron chi connectivity index (χ0n) is 17.1. The number of anilines is 1. The highest BCUT2D eigenvalue weighted by atomic mass is 16.5. The van der Waals surface area contributed by atoms with Gasteiger partial charge in [0.15, 0.2) is 5.82 Å². The molecule has 2 N–H and O–H groups in total. The second kappa shape index (κ2) is 8.27. The number of amides is 2. The van der Waals surface area contributed by atoms with E-state index in [0.29, 0.717) is 29.5 Å². The van der Waals surface area contributed by atoms with Crippen LogP contribution >= 0.6 is 0 Å². The summed E-state index contributed by atoms with van der Waals surface area (Å²) in [7, 11) is 1.57. The zero-order chi connectivity index (χ0) is 20.4. The maximum atomic E-state index is 13.1. The molecule has 2 amide bonds. The average Bonchev–Trinajstić information content (AvgIpc) is 3.36. The van der Waals surface area contributed by atoms with E-state index in [0.717, 1.165) is 56.2 Å². The van der Waals surface area contributed by atoms with Gasteiger partial charge in [-0.15, -0.1) is 0 Å². The van der Waals surface area contributed by atoms with Crippen molar-refractivity contribution in [3.05, 3.63) is 41.0 Å². The van der Waals surface area contributed by atoms with Crippen LogP contribution in [0, 0.1) is 6.92 Å². The van der Waals surface area contributed by atoms with Gasteiger partial charge in [0.25, 0.3) is 11.8 Å². The minimum atomic E-state index is -0.322. The van der Waals surface area contributed by atoms with Crippen LogP contribution in [-0.2, 0) is 13.0 Å². The normalized spacial score (nSPS) is 16.3. The number of ether oxygens (including phenoxy) is 1. The molecule has 0 saturated heterocycles.